The number of hydrogen-bond acceptors (Lipinski definition) is 2. The first-order chi connectivity index (χ1) is 7.61. The van der Waals surface area contributed by atoms with Crippen molar-refractivity contribution in [2.24, 2.45) is 0 Å². The Hall–Kier alpha value is -1.22. The van der Waals surface area contributed by atoms with Crippen LogP contribution < -0.4 is 10.1 Å². The SMILES string of the molecule is CC[C@H](C)NC(=O)COc1ccc(Cl)cc1. The molecule has 0 aliphatic carbocycles. The largest absolute Gasteiger partial charge is 0.484 e. The van der Waals surface area contributed by atoms with Crippen molar-refractivity contribution in [3.63, 3.8) is 0 Å². The van der Waals surface area contributed by atoms with Gasteiger partial charge >= 0.3 is 0 Å². The van der Waals surface area contributed by atoms with Gasteiger partial charge in [-0.3, -0.25) is 4.79 Å². The predicted octanol–water partition coefficient (Wildman–Crippen LogP) is 2.63. The summed E-state index contributed by atoms with van der Waals surface area (Å²) < 4.78 is 5.30. The first kappa shape index (κ1) is 12.8. The molecule has 1 aromatic carbocycles. The van der Waals surface area contributed by atoms with Crippen LogP contribution in [0.1, 0.15) is 20.3 Å². The average molecular weight is 242 g/mol. The Bertz CT molecular complexity index is 337. The van der Waals surface area contributed by atoms with Gasteiger partial charge < -0.3 is 10.1 Å². The maximum absolute atomic E-state index is 11.4. The molecule has 0 saturated carbocycles. The highest BCUT2D eigenvalue weighted by atomic mass is 35.5. The van der Waals surface area contributed by atoms with E-state index >= 15 is 0 Å². The molecule has 0 bridgehead atoms. The van der Waals surface area contributed by atoms with Crippen LogP contribution in [0.3, 0.4) is 0 Å². The molecular weight excluding hydrogens is 226 g/mol. The van der Waals surface area contributed by atoms with E-state index in [0.29, 0.717) is 10.8 Å². The summed E-state index contributed by atoms with van der Waals surface area (Å²) in [7, 11) is 0. The van der Waals surface area contributed by atoms with Crippen molar-refractivity contribution in [2.75, 3.05) is 6.61 Å². The molecule has 16 heavy (non-hydrogen) atoms. The van der Waals surface area contributed by atoms with Gasteiger partial charge in [0.05, 0.1) is 0 Å². The van der Waals surface area contributed by atoms with Crippen LogP contribution in [0.5, 0.6) is 5.75 Å². The Kier molecular flexibility index (Phi) is 5.12. The van der Waals surface area contributed by atoms with Crippen molar-refractivity contribution >= 4 is 17.5 Å². The molecular formula is C12H16ClNO2. The molecule has 3 nitrogen and oxygen atoms in total. The fraction of sp³-hybridized carbons (Fsp3) is 0.417. The Morgan fingerprint density at radius 1 is 1.44 bits per heavy atom. The van der Waals surface area contributed by atoms with Gasteiger partial charge in [-0.05, 0) is 37.6 Å². The molecule has 0 fully saturated rings. The number of carbonyl (C=O) groups excluding carboxylic acids is 1. The molecule has 1 atom stereocenters. The molecule has 88 valence electrons. The van der Waals surface area contributed by atoms with Gasteiger partial charge in [-0.15, -0.1) is 0 Å². The molecule has 0 aliphatic heterocycles. The number of ether oxygens (including phenoxy) is 1. The van der Waals surface area contributed by atoms with Gasteiger partial charge in [0.15, 0.2) is 6.61 Å². The van der Waals surface area contributed by atoms with Crippen LogP contribution in [-0.4, -0.2) is 18.6 Å². The zero-order valence-corrected chi connectivity index (χ0v) is 10.3. The zero-order valence-electron chi connectivity index (χ0n) is 9.50. The van der Waals surface area contributed by atoms with Gasteiger partial charge in [-0.1, -0.05) is 18.5 Å². The van der Waals surface area contributed by atoms with E-state index in [9.17, 15) is 4.79 Å². The molecule has 0 radical (unpaired) electrons. The van der Waals surface area contributed by atoms with Crippen LogP contribution in [-0.2, 0) is 4.79 Å². The number of hydrogen-bond donors (Lipinski definition) is 1. The second kappa shape index (κ2) is 6.38. The van der Waals surface area contributed by atoms with E-state index in [4.69, 9.17) is 16.3 Å². The van der Waals surface area contributed by atoms with Crippen LogP contribution >= 0.6 is 11.6 Å². The molecule has 0 saturated heterocycles. The summed E-state index contributed by atoms with van der Waals surface area (Å²) in [6, 6.07) is 7.10. The number of nitrogens with one attached hydrogen (secondary N) is 1. The number of carbonyl (C=O) groups is 1. The lowest BCUT2D eigenvalue weighted by atomic mass is 10.2. The first-order valence-corrected chi connectivity index (χ1v) is 5.67. The lowest BCUT2D eigenvalue weighted by molar-refractivity contribution is -0.123. The van der Waals surface area contributed by atoms with E-state index < -0.39 is 0 Å². The molecule has 0 heterocycles. The maximum Gasteiger partial charge on any atom is 0.258 e. The fourth-order valence-electron chi connectivity index (χ4n) is 1.10. The minimum Gasteiger partial charge on any atom is -0.484 e. The van der Waals surface area contributed by atoms with E-state index in [1.807, 2.05) is 13.8 Å². The summed E-state index contributed by atoms with van der Waals surface area (Å²) in [6.07, 6.45) is 0.909. The van der Waals surface area contributed by atoms with E-state index in [2.05, 4.69) is 5.32 Å². The van der Waals surface area contributed by atoms with Gasteiger partial charge in [0, 0.05) is 11.1 Å². The fourth-order valence-corrected chi connectivity index (χ4v) is 1.22. The highest BCUT2D eigenvalue weighted by molar-refractivity contribution is 6.30. The molecule has 4 heteroatoms. The number of benzene rings is 1. The van der Waals surface area contributed by atoms with E-state index in [0.717, 1.165) is 6.42 Å². The minimum absolute atomic E-state index is 0.0337. The molecule has 1 aromatic rings. The second-order valence-electron chi connectivity index (χ2n) is 3.62. The zero-order chi connectivity index (χ0) is 12.0. The highest BCUT2D eigenvalue weighted by Gasteiger charge is 2.05. The van der Waals surface area contributed by atoms with Gasteiger partial charge in [-0.25, -0.2) is 0 Å². The molecule has 0 aliphatic rings. The summed E-state index contributed by atoms with van der Waals surface area (Å²) >= 11 is 5.73. The third-order valence-corrected chi connectivity index (χ3v) is 2.46. The minimum atomic E-state index is -0.107. The normalized spacial score (nSPS) is 11.9. The molecule has 1 N–H and O–H groups in total. The standard InChI is InChI=1S/C12H16ClNO2/c1-3-9(2)14-12(15)8-16-11-6-4-10(13)5-7-11/h4-7,9H,3,8H2,1-2H3,(H,14,15)/t9-/m0/s1. The highest BCUT2D eigenvalue weighted by Crippen LogP contribution is 2.15. The van der Waals surface area contributed by atoms with Crippen molar-refractivity contribution < 1.29 is 9.53 Å². The van der Waals surface area contributed by atoms with Crippen LogP contribution in [0.2, 0.25) is 5.02 Å². The summed E-state index contributed by atoms with van der Waals surface area (Å²) in [5, 5.41) is 3.47. The van der Waals surface area contributed by atoms with Gasteiger partial charge in [0.2, 0.25) is 0 Å². The Morgan fingerprint density at radius 3 is 2.62 bits per heavy atom. The van der Waals surface area contributed by atoms with Crippen molar-refractivity contribution in [1.82, 2.24) is 5.32 Å². The van der Waals surface area contributed by atoms with E-state index in [1.165, 1.54) is 0 Å². The lowest BCUT2D eigenvalue weighted by Gasteiger charge is -2.11. The smallest absolute Gasteiger partial charge is 0.258 e. The topological polar surface area (TPSA) is 38.3 Å². The third-order valence-electron chi connectivity index (χ3n) is 2.20. The van der Waals surface area contributed by atoms with Crippen molar-refractivity contribution in [3.05, 3.63) is 29.3 Å². The van der Waals surface area contributed by atoms with Crippen LogP contribution in [0.4, 0.5) is 0 Å². The van der Waals surface area contributed by atoms with E-state index in [1.54, 1.807) is 24.3 Å². The van der Waals surface area contributed by atoms with Crippen molar-refractivity contribution in [3.8, 4) is 5.75 Å². The average Bonchev–Trinajstić information content (AvgIpc) is 2.28. The summed E-state index contributed by atoms with van der Waals surface area (Å²) in [6.45, 7) is 4.01. The van der Waals surface area contributed by atoms with Crippen molar-refractivity contribution in [1.29, 1.82) is 0 Å². The summed E-state index contributed by atoms with van der Waals surface area (Å²) in [5.41, 5.74) is 0. The third kappa shape index (κ3) is 4.53. The molecule has 0 aromatic heterocycles. The lowest BCUT2D eigenvalue weighted by Crippen LogP contribution is -2.35. The summed E-state index contributed by atoms with van der Waals surface area (Å²) in [4.78, 5) is 11.4. The van der Waals surface area contributed by atoms with Crippen LogP contribution in [0, 0.1) is 0 Å². The van der Waals surface area contributed by atoms with E-state index in [-0.39, 0.29) is 18.6 Å². The number of rotatable bonds is 5. The monoisotopic (exact) mass is 241 g/mol. The van der Waals surface area contributed by atoms with Crippen molar-refractivity contribution in [2.45, 2.75) is 26.3 Å². The predicted molar refractivity (Wildman–Crippen MR) is 64.8 cm³/mol. The number of halogens is 1. The van der Waals surface area contributed by atoms with Gasteiger partial charge in [0.25, 0.3) is 5.91 Å². The summed E-state index contributed by atoms with van der Waals surface area (Å²) in [5.74, 6) is 0.535. The van der Waals surface area contributed by atoms with Gasteiger partial charge in [-0.2, -0.15) is 0 Å². The quantitative estimate of drug-likeness (QED) is 0.861. The van der Waals surface area contributed by atoms with Crippen LogP contribution in [0.15, 0.2) is 24.3 Å². The number of amides is 1. The molecule has 1 amide bonds. The molecule has 0 unspecified atom stereocenters. The van der Waals surface area contributed by atoms with Gasteiger partial charge in [0.1, 0.15) is 5.75 Å². The molecule has 0 spiro atoms. The molecule has 1 rings (SSSR count). The maximum atomic E-state index is 11.4. The van der Waals surface area contributed by atoms with Crippen LogP contribution in [0.25, 0.3) is 0 Å². The second-order valence-corrected chi connectivity index (χ2v) is 4.06. The Labute approximate surface area is 101 Å². The Morgan fingerprint density at radius 2 is 2.06 bits per heavy atom. The first-order valence-electron chi connectivity index (χ1n) is 5.29. The Balaban J connectivity index is 2.34.